The summed E-state index contributed by atoms with van der Waals surface area (Å²) in [6, 6.07) is 11.1. The van der Waals surface area contributed by atoms with Crippen LogP contribution < -0.4 is 5.32 Å². The molecule has 320 valence electrons. The molecule has 2 aliphatic heterocycles. The van der Waals surface area contributed by atoms with E-state index < -0.39 is 19.3 Å². The molecule has 4 heterocycles. The summed E-state index contributed by atoms with van der Waals surface area (Å²) >= 11 is 0. The van der Waals surface area contributed by atoms with Crippen LogP contribution in [0.3, 0.4) is 0 Å². The molecule has 4 aromatic rings. The molecule has 0 radical (unpaired) electrons. The molecule has 2 aromatic carbocycles. The van der Waals surface area contributed by atoms with E-state index in [-0.39, 0.29) is 11.8 Å². The van der Waals surface area contributed by atoms with Crippen LogP contribution >= 0.6 is 0 Å². The van der Waals surface area contributed by atoms with E-state index in [1.54, 1.807) is 24.1 Å². The number of nitrogens with one attached hydrogen (secondary N) is 1. The van der Waals surface area contributed by atoms with Gasteiger partial charge in [0.15, 0.2) is 0 Å². The number of fused-ring (bicyclic) bond motifs is 6. The van der Waals surface area contributed by atoms with Crippen molar-refractivity contribution >= 4 is 39.6 Å². The summed E-state index contributed by atoms with van der Waals surface area (Å²) in [4.78, 5) is 37.9. The average Bonchev–Trinajstić information content (AvgIpc) is 3.74. The number of alkyl halides is 2. The normalized spacial score (nSPS) is 19.8. The molecule has 2 fully saturated rings. The van der Waals surface area contributed by atoms with Crippen LogP contribution in [-0.4, -0.2) is 96.8 Å². The zero-order valence-electron chi connectivity index (χ0n) is 34.9. The Balaban J connectivity index is 0.000000187. The van der Waals surface area contributed by atoms with Crippen molar-refractivity contribution in [3.05, 3.63) is 70.0 Å². The van der Waals surface area contributed by atoms with E-state index in [1.807, 2.05) is 31.2 Å². The first-order chi connectivity index (χ1) is 28.7. The predicted octanol–water partition coefficient (Wildman–Crippen LogP) is 7.97. The zero-order chi connectivity index (χ0) is 41.5. The minimum absolute atomic E-state index is 0.0182. The lowest BCUT2D eigenvalue weighted by Gasteiger charge is -2.33. The van der Waals surface area contributed by atoms with Gasteiger partial charge in [-0.05, 0) is 149 Å². The van der Waals surface area contributed by atoms with Crippen LogP contribution in [0.4, 0.5) is 8.78 Å². The number of aromatic nitrogens is 2. The third-order valence-electron chi connectivity index (χ3n) is 13.6. The molecule has 2 N–H and O–H groups in total. The number of rotatable bonds is 13. The highest BCUT2D eigenvalue weighted by Gasteiger charge is 2.33. The van der Waals surface area contributed by atoms with Gasteiger partial charge in [-0.3, -0.25) is 9.59 Å². The highest BCUT2D eigenvalue weighted by molar-refractivity contribution is 5.99. The molecule has 2 atom stereocenters. The van der Waals surface area contributed by atoms with Gasteiger partial charge in [-0.25, -0.2) is 13.6 Å². The number of hydrogen-bond donors (Lipinski definition) is 2. The Bertz CT molecular complexity index is 2100. The molecule has 2 aliphatic carbocycles. The zero-order valence-corrected chi connectivity index (χ0v) is 34.9. The molecule has 2 aromatic heterocycles. The van der Waals surface area contributed by atoms with E-state index in [0.717, 1.165) is 112 Å². The first-order valence-corrected chi connectivity index (χ1v) is 22.0. The number of nitrogens with zero attached hydrogens (tertiary/aromatic N) is 3. The van der Waals surface area contributed by atoms with Crippen molar-refractivity contribution in [2.45, 2.75) is 97.1 Å². The van der Waals surface area contributed by atoms with Crippen LogP contribution in [-0.2, 0) is 53.0 Å². The van der Waals surface area contributed by atoms with Crippen LogP contribution in [0.15, 0.2) is 36.4 Å². The van der Waals surface area contributed by atoms with Crippen molar-refractivity contribution in [3.63, 3.8) is 0 Å². The molecule has 10 nitrogen and oxygen atoms in total. The van der Waals surface area contributed by atoms with Gasteiger partial charge in [0.1, 0.15) is 13.3 Å². The first-order valence-electron chi connectivity index (χ1n) is 22.0. The van der Waals surface area contributed by atoms with Crippen molar-refractivity contribution in [2.75, 3.05) is 59.9 Å². The van der Waals surface area contributed by atoms with Crippen molar-refractivity contribution in [2.24, 2.45) is 23.7 Å². The molecule has 8 rings (SSSR count). The maximum absolute atomic E-state index is 13.4. The minimum atomic E-state index is -0.911. The number of halogens is 2. The van der Waals surface area contributed by atoms with Gasteiger partial charge < -0.3 is 33.9 Å². The highest BCUT2D eigenvalue weighted by Crippen LogP contribution is 2.41. The molecule has 2 unspecified atom stereocenters. The monoisotopic (exact) mass is 816 g/mol. The number of benzene rings is 2. The third kappa shape index (κ3) is 9.54. The van der Waals surface area contributed by atoms with Gasteiger partial charge >= 0.3 is 5.97 Å². The maximum Gasteiger partial charge on any atom is 0.335 e. The fraction of sp³-hybridized carbons (Fsp3) is 0.596. The molecule has 2 amide bonds. The second-order valence-electron chi connectivity index (χ2n) is 17.0. The molecule has 0 saturated carbocycles. The van der Waals surface area contributed by atoms with E-state index >= 15 is 0 Å². The second-order valence-corrected chi connectivity index (χ2v) is 17.0. The Hall–Kier alpha value is -4.29. The van der Waals surface area contributed by atoms with Crippen LogP contribution in [0.1, 0.15) is 102 Å². The van der Waals surface area contributed by atoms with E-state index in [9.17, 15) is 28.3 Å². The summed E-state index contributed by atoms with van der Waals surface area (Å²) in [6.45, 7) is 6.36. The number of ether oxygens (including phenoxy) is 2. The highest BCUT2D eigenvalue weighted by atomic mass is 19.1. The van der Waals surface area contributed by atoms with E-state index in [4.69, 9.17) is 9.47 Å². The average molecular weight is 817 g/mol. The van der Waals surface area contributed by atoms with E-state index in [0.29, 0.717) is 73.8 Å². The lowest BCUT2D eigenvalue weighted by Crippen LogP contribution is -2.29. The number of carbonyl (C=O) groups is 3. The number of carboxylic acid groups (broad SMARTS) is 1. The topological polar surface area (TPSA) is 115 Å². The van der Waals surface area contributed by atoms with Gasteiger partial charge in [-0.15, -0.1) is 0 Å². The summed E-state index contributed by atoms with van der Waals surface area (Å²) in [5.41, 5.74) is 7.97. The summed E-state index contributed by atoms with van der Waals surface area (Å²) in [5.74, 6) is 1.68. The summed E-state index contributed by atoms with van der Waals surface area (Å²) in [7, 11) is 1.79. The summed E-state index contributed by atoms with van der Waals surface area (Å²) in [6.07, 6.45) is 11.7. The van der Waals surface area contributed by atoms with Crippen molar-refractivity contribution in [1.29, 1.82) is 0 Å². The minimum Gasteiger partial charge on any atom is -0.478 e. The van der Waals surface area contributed by atoms with Crippen molar-refractivity contribution < 1.29 is 37.7 Å². The third-order valence-corrected chi connectivity index (χ3v) is 13.6. The number of aryl methyl sites for hydroxylation is 2. The van der Waals surface area contributed by atoms with Gasteiger partial charge in [-0.1, -0.05) is 0 Å². The number of carbonyl (C=O) groups excluding carboxylic acids is 2. The van der Waals surface area contributed by atoms with Gasteiger partial charge in [0.05, 0.1) is 18.7 Å². The van der Waals surface area contributed by atoms with Crippen LogP contribution in [0.5, 0.6) is 0 Å². The molecular formula is C47H62F2N4O6. The number of amides is 2. The predicted molar refractivity (Wildman–Crippen MR) is 226 cm³/mol. The van der Waals surface area contributed by atoms with Gasteiger partial charge in [0.2, 0.25) is 5.91 Å². The maximum atomic E-state index is 13.4. The number of aromatic carboxylic acids is 1. The SMILES string of the molecule is CCNC(=O)CCCN(C)C(=O)c1ccc2c(c1)c1c(n2CCF)CCC(C2CCOCC2)C1.O=C(O)c1ccc2c(c1)c1c(n2CCF)CCC(C2CCOCC2)C1. The molecule has 2 saturated heterocycles. The largest absolute Gasteiger partial charge is 0.478 e. The molecule has 12 heteroatoms. The van der Waals surface area contributed by atoms with E-state index in [1.165, 1.54) is 22.5 Å². The lowest BCUT2D eigenvalue weighted by atomic mass is 9.75. The van der Waals surface area contributed by atoms with Crippen molar-refractivity contribution in [3.8, 4) is 0 Å². The standard InChI is InChI=1S/C27H38FN3O3.C20H24FNO3/c1-3-29-26(32)5-4-13-30(2)27(33)21-7-9-25-23(18-21)22-17-20(19-10-15-34-16-11-19)6-8-24(22)31(25)14-12-28;21-7-8-22-18-3-1-14(13-5-9-25-10-6-13)11-16(18)17-12-15(20(23)24)2-4-19(17)22/h7,9,18-20H,3-6,8,10-17H2,1-2H3,(H,29,32);2,4,12-14H,1,3,5-11H2,(H,23,24). The lowest BCUT2D eigenvalue weighted by molar-refractivity contribution is -0.121. The molecule has 0 bridgehead atoms. The molecule has 0 spiro atoms. The van der Waals surface area contributed by atoms with Gasteiger partial charge in [-0.2, -0.15) is 0 Å². The fourth-order valence-electron chi connectivity index (χ4n) is 10.6. The quantitative estimate of drug-likeness (QED) is 0.142. The number of carboxylic acids is 1. The summed E-state index contributed by atoms with van der Waals surface area (Å²) < 4.78 is 41.8. The van der Waals surface area contributed by atoms with Crippen LogP contribution in [0.25, 0.3) is 21.8 Å². The Morgan fingerprint density at radius 2 is 1.24 bits per heavy atom. The van der Waals surface area contributed by atoms with E-state index in [2.05, 4.69) is 14.5 Å². The van der Waals surface area contributed by atoms with Gasteiger partial charge in [0.25, 0.3) is 5.91 Å². The van der Waals surface area contributed by atoms with Crippen molar-refractivity contribution in [1.82, 2.24) is 19.4 Å². The second kappa shape index (κ2) is 19.8. The Labute approximate surface area is 346 Å². The van der Waals surface area contributed by atoms with Gasteiger partial charge in [0, 0.05) is 91.7 Å². The Morgan fingerprint density at radius 3 is 1.71 bits per heavy atom. The first kappa shape index (κ1) is 42.8. The number of hydrogen-bond acceptors (Lipinski definition) is 5. The molecular weight excluding hydrogens is 755 g/mol. The Morgan fingerprint density at radius 1 is 0.746 bits per heavy atom. The molecule has 4 aliphatic rings. The Kier molecular flexibility index (Phi) is 14.4. The smallest absolute Gasteiger partial charge is 0.335 e. The fourth-order valence-corrected chi connectivity index (χ4v) is 10.6. The van der Waals surface area contributed by atoms with Crippen LogP contribution in [0.2, 0.25) is 0 Å². The van der Waals surface area contributed by atoms with Crippen LogP contribution in [0, 0.1) is 23.7 Å². The molecule has 59 heavy (non-hydrogen) atoms. The summed E-state index contributed by atoms with van der Waals surface area (Å²) in [5, 5.41) is 14.2.